The molecule has 0 heterocycles. The number of hydrogen-bond donors (Lipinski definition) is 2. The maximum absolute atomic E-state index is 13.0. The SMILES string of the molecule is COc1ccc([C@H]2[C@H](S(=O)(=O)c3ccccc3)[C@@]2(CO)C(=O)O)cc1. The van der Waals surface area contributed by atoms with E-state index in [0.717, 1.165) is 0 Å². The highest BCUT2D eigenvalue weighted by molar-refractivity contribution is 7.92. The van der Waals surface area contributed by atoms with E-state index in [1.807, 2.05) is 0 Å². The Morgan fingerprint density at radius 3 is 2.20 bits per heavy atom. The largest absolute Gasteiger partial charge is 0.497 e. The van der Waals surface area contributed by atoms with E-state index >= 15 is 0 Å². The lowest BCUT2D eigenvalue weighted by molar-refractivity contribution is -0.145. The third-order valence-corrected chi connectivity index (χ3v) is 7.09. The van der Waals surface area contributed by atoms with Crippen LogP contribution in [-0.2, 0) is 14.6 Å². The highest BCUT2D eigenvalue weighted by atomic mass is 32.2. The molecule has 1 saturated carbocycles. The van der Waals surface area contributed by atoms with E-state index in [9.17, 15) is 23.4 Å². The number of sulfone groups is 1. The molecule has 1 aliphatic carbocycles. The first-order chi connectivity index (χ1) is 11.9. The fraction of sp³-hybridized carbons (Fsp3) is 0.278. The van der Waals surface area contributed by atoms with Gasteiger partial charge in [-0.25, -0.2) is 8.42 Å². The first kappa shape index (κ1) is 17.4. The zero-order valence-corrected chi connectivity index (χ0v) is 14.3. The van der Waals surface area contributed by atoms with E-state index in [1.54, 1.807) is 42.5 Å². The predicted octanol–water partition coefficient (Wildman–Crippen LogP) is 1.70. The average Bonchev–Trinajstić information content (AvgIpc) is 3.34. The van der Waals surface area contributed by atoms with Crippen LogP contribution in [-0.4, -0.2) is 43.6 Å². The summed E-state index contributed by atoms with van der Waals surface area (Å²) in [5.74, 6) is -1.57. The maximum Gasteiger partial charge on any atom is 0.314 e. The van der Waals surface area contributed by atoms with Gasteiger partial charge < -0.3 is 14.9 Å². The van der Waals surface area contributed by atoms with Crippen molar-refractivity contribution in [3.8, 4) is 5.75 Å². The summed E-state index contributed by atoms with van der Waals surface area (Å²) in [5.41, 5.74) is -1.20. The number of aliphatic carboxylic acids is 1. The molecule has 2 N–H and O–H groups in total. The molecule has 3 atom stereocenters. The predicted molar refractivity (Wildman–Crippen MR) is 90.3 cm³/mol. The van der Waals surface area contributed by atoms with Crippen LogP contribution in [0.3, 0.4) is 0 Å². The summed E-state index contributed by atoms with van der Waals surface area (Å²) in [6.45, 7) is -0.754. The number of aliphatic hydroxyl groups excluding tert-OH is 1. The van der Waals surface area contributed by atoms with Gasteiger partial charge in [-0.3, -0.25) is 4.79 Å². The molecule has 2 aromatic carbocycles. The van der Waals surface area contributed by atoms with Crippen molar-refractivity contribution >= 4 is 15.8 Å². The standard InChI is InChI=1S/C18H18O6S/c1-24-13-9-7-12(8-10-13)15-16(18(15,11-19)17(20)21)25(22,23)14-5-3-2-4-6-14/h2-10,15-16,19H,11H2,1H3,(H,20,21)/t15-,16-,18-/m0/s1. The summed E-state index contributed by atoms with van der Waals surface area (Å²) >= 11 is 0. The van der Waals surface area contributed by atoms with Crippen molar-refractivity contribution < 1.29 is 28.2 Å². The van der Waals surface area contributed by atoms with E-state index in [-0.39, 0.29) is 4.90 Å². The van der Waals surface area contributed by atoms with E-state index < -0.39 is 39.0 Å². The lowest BCUT2D eigenvalue weighted by atomic mass is 10.00. The van der Waals surface area contributed by atoms with Gasteiger partial charge in [-0.05, 0) is 29.8 Å². The molecule has 0 unspecified atom stereocenters. The normalized spacial score (nSPS) is 25.4. The molecular formula is C18H18O6S. The fourth-order valence-corrected chi connectivity index (χ4v) is 5.80. The molecule has 132 valence electrons. The third-order valence-electron chi connectivity index (χ3n) is 4.80. The zero-order chi connectivity index (χ0) is 18.2. The van der Waals surface area contributed by atoms with Gasteiger partial charge >= 0.3 is 5.97 Å². The number of carboxylic acid groups (broad SMARTS) is 1. The Bertz CT molecular complexity index is 876. The Morgan fingerprint density at radius 2 is 1.72 bits per heavy atom. The maximum atomic E-state index is 13.0. The Balaban J connectivity index is 2.08. The highest BCUT2D eigenvalue weighted by Gasteiger charge is 2.75. The number of carbonyl (C=O) groups is 1. The number of ether oxygens (including phenoxy) is 1. The number of carboxylic acids is 1. The molecule has 0 amide bonds. The number of methoxy groups -OCH3 is 1. The van der Waals surface area contributed by atoms with Crippen molar-refractivity contribution in [2.24, 2.45) is 5.41 Å². The van der Waals surface area contributed by atoms with Gasteiger partial charge in [0, 0.05) is 5.92 Å². The Morgan fingerprint density at radius 1 is 1.12 bits per heavy atom. The van der Waals surface area contributed by atoms with Gasteiger partial charge in [-0.2, -0.15) is 0 Å². The van der Waals surface area contributed by atoms with Gasteiger partial charge in [0.1, 0.15) is 11.2 Å². The lowest BCUT2D eigenvalue weighted by Crippen LogP contribution is -2.27. The molecule has 0 saturated heterocycles. The van der Waals surface area contributed by atoms with Crippen LogP contribution in [0.25, 0.3) is 0 Å². The smallest absolute Gasteiger partial charge is 0.314 e. The van der Waals surface area contributed by atoms with E-state index in [2.05, 4.69) is 0 Å². The van der Waals surface area contributed by atoms with Crippen LogP contribution in [0, 0.1) is 5.41 Å². The molecule has 0 aliphatic heterocycles. The summed E-state index contributed by atoms with van der Waals surface area (Å²) in [5, 5.41) is 18.2. The molecule has 6 nitrogen and oxygen atoms in total. The van der Waals surface area contributed by atoms with Crippen molar-refractivity contribution in [3.63, 3.8) is 0 Å². The van der Waals surface area contributed by atoms with Crippen LogP contribution in [0.15, 0.2) is 59.5 Å². The number of benzene rings is 2. The highest BCUT2D eigenvalue weighted by Crippen LogP contribution is 2.64. The molecule has 2 aromatic rings. The van der Waals surface area contributed by atoms with Gasteiger partial charge in [0.15, 0.2) is 9.84 Å². The second kappa shape index (κ2) is 6.16. The van der Waals surface area contributed by atoms with Crippen LogP contribution in [0.1, 0.15) is 11.5 Å². The molecule has 7 heteroatoms. The van der Waals surface area contributed by atoms with E-state index in [0.29, 0.717) is 11.3 Å². The van der Waals surface area contributed by atoms with Gasteiger partial charge in [-0.1, -0.05) is 30.3 Å². The van der Waals surface area contributed by atoms with Crippen molar-refractivity contribution in [1.29, 1.82) is 0 Å². The number of rotatable bonds is 6. The van der Waals surface area contributed by atoms with Crippen molar-refractivity contribution in [1.82, 2.24) is 0 Å². The lowest BCUT2D eigenvalue weighted by Gasteiger charge is -2.09. The van der Waals surface area contributed by atoms with Gasteiger partial charge in [0.05, 0.1) is 23.9 Å². The molecule has 1 fully saturated rings. The fourth-order valence-electron chi connectivity index (χ4n) is 3.41. The molecule has 0 spiro atoms. The molecule has 3 rings (SSSR count). The quantitative estimate of drug-likeness (QED) is 0.811. The molecule has 0 aromatic heterocycles. The summed E-state index contributed by atoms with van der Waals surface area (Å²) in [6.07, 6.45) is 0. The number of aliphatic hydroxyl groups is 1. The Labute approximate surface area is 145 Å². The number of hydrogen-bond acceptors (Lipinski definition) is 5. The summed E-state index contributed by atoms with van der Waals surface area (Å²) in [4.78, 5) is 11.9. The van der Waals surface area contributed by atoms with Crippen molar-refractivity contribution in [2.75, 3.05) is 13.7 Å². The van der Waals surface area contributed by atoms with Crippen molar-refractivity contribution in [2.45, 2.75) is 16.1 Å². The van der Waals surface area contributed by atoms with Gasteiger partial charge in [0.25, 0.3) is 0 Å². The summed E-state index contributed by atoms with van der Waals surface area (Å²) in [6, 6.07) is 14.3. The average molecular weight is 362 g/mol. The summed E-state index contributed by atoms with van der Waals surface area (Å²) < 4.78 is 31.0. The van der Waals surface area contributed by atoms with Crippen LogP contribution in [0.5, 0.6) is 5.75 Å². The Kier molecular flexibility index (Phi) is 4.30. The molecule has 1 aliphatic rings. The topological polar surface area (TPSA) is 101 Å². The summed E-state index contributed by atoms with van der Waals surface area (Å²) in [7, 11) is -2.41. The molecule has 0 bridgehead atoms. The monoisotopic (exact) mass is 362 g/mol. The molecular weight excluding hydrogens is 344 g/mol. The minimum atomic E-state index is -3.92. The second-order valence-electron chi connectivity index (χ2n) is 6.03. The van der Waals surface area contributed by atoms with Gasteiger partial charge in [-0.15, -0.1) is 0 Å². The van der Waals surface area contributed by atoms with Gasteiger partial charge in [0.2, 0.25) is 0 Å². The van der Waals surface area contributed by atoms with E-state index in [1.165, 1.54) is 19.2 Å². The van der Waals surface area contributed by atoms with Crippen LogP contribution >= 0.6 is 0 Å². The first-order valence-electron chi connectivity index (χ1n) is 7.66. The Hall–Kier alpha value is -2.38. The van der Waals surface area contributed by atoms with Crippen LogP contribution in [0.2, 0.25) is 0 Å². The molecule has 0 radical (unpaired) electrons. The second-order valence-corrected chi connectivity index (χ2v) is 8.10. The minimum absolute atomic E-state index is 0.0510. The third kappa shape index (κ3) is 2.60. The van der Waals surface area contributed by atoms with Crippen molar-refractivity contribution in [3.05, 3.63) is 60.2 Å². The first-order valence-corrected chi connectivity index (χ1v) is 9.21. The minimum Gasteiger partial charge on any atom is -0.497 e. The molecule has 25 heavy (non-hydrogen) atoms. The van der Waals surface area contributed by atoms with Crippen LogP contribution < -0.4 is 4.74 Å². The van der Waals surface area contributed by atoms with Crippen LogP contribution in [0.4, 0.5) is 0 Å². The van der Waals surface area contributed by atoms with E-state index in [4.69, 9.17) is 4.74 Å². The zero-order valence-electron chi connectivity index (χ0n) is 13.5.